The molecular formula is C20H28N6O3. The molecule has 1 saturated heterocycles. The number of nitrogens with one attached hydrogen (secondary N) is 2. The van der Waals surface area contributed by atoms with Crippen LogP contribution >= 0.6 is 0 Å². The normalized spacial score (nSPS) is 17.2. The summed E-state index contributed by atoms with van der Waals surface area (Å²) in [4.78, 5) is 24.2. The number of aromatic nitrogens is 2. The zero-order valence-electron chi connectivity index (χ0n) is 17.0. The number of aromatic amines is 1. The van der Waals surface area contributed by atoms with Gasteiger partial charge in [0, 0.05) is 81.1 Å². The number of ether oxygens (including phenoxy) is 2. The van der Waals surface area contributed by atoms with Gasteiger partial charge in [-0.1, -0.05) is 0 Å². The highest BCUT2D eigenvalue weighted by molar-refractivity contribution is 5.93. The van der Waals surface area contributed by atoms with Crippen LogP contribution in [0.3, 0.4) is 0 Å². The highest BCUT2D eigenvalue weighted by Gasteiger charge is 2.24. The molecule has 2 aliphatic heterocycles. The Hall–Kier alpha value is -2.78. The molecule has 2 aromatic rings. The topological polar surface area (TPSA) is 86.0 Å². The third-order valence-electron chi connectivity index (χ3n) is 5.26. The lowest BCUT2D eigenvalue weighted by atomic mass is 10.2. The van der Waals surface area contributed by atoms with E-state index in [1.54, 1.807) is 4.90 Å². The minimum absolute atomic E-state index is 0.266. The molecule has 0 spiro atoms. The van der Waals surface area contributed by atoms with Crippen LogP contribution in [0.15, 0.2) is 24.5 Å². The summed E-state index contributed by atoms with van der Waals surface area (Å²) in [5, 5.41) is 3.06. The minimum atomic E-state index is -0.266. The molecule has 0 radical (unpaired) electrons. The van der Waals surface area contributed by atoms with Crippen molar-refractivity contribution in [1.29, 1.82) is 0 Å². The summed E-state index contributed by atoms with van der Waals surface area (Å²) >= 11 is 0. The summed E-state index contributed by atoms with van der Waals surface area (Å²) in [6, 6.07) is 4.21. The van der Waals surface area contributed by atoms with E-state index in [0.717, 1.165) is 42.0 Å². The molecule has 0 unspecified atom stereocenters. The van der Waals surface area contributed by atoms with E-state index in [0.29, 0.717) is 32.9 Å². The van der Waals surface area contributed by atoms with E-state index >= 15 is 0 Å². The summed E-state index contributed by atoms with van der Waals surface area (Å²) in [5.74, 6) is 0. The first-order valence-corrected chi connectivity index (χ1v) is 10.0. The molecule has 0 bridgehead atoms. The van der Waals surface area contributed by atoms with Gasteiger partial charge in [-0.3, -0.25) is 0 Å². The summed E-state index contributed by atoms with van der Waals surface area (Å²) in [6.07, 6.45) is 3.65. The quantitative estimate of drug-likeness (QED) is 0.713. The predicted molar refractivity (Wildman–Crippen MR) is 111 cm³/mol. The number of H-pyrrole nitrogens is 1. The molecule has 9 nitrogen and oxygen atoms in total. The molecule has 2 N–H and O–H groups in total. The molecule has 0 saturated carbocycles. The maximum absolute atomic E-state index is 12.2. The number of pyridine rings is 1. The maximum Gasteiger partial charge on any atom is 0.409 e. The Morgan fingerprint density at radius 2 is 2.07 bits per heavy atom. The molecule has 1 fully saturated rings. The Kier molecular flexibility index (Phi) is 5.86. The van der Waals surface area contributed by atoms with Crippen LogP contribution in [-0.2, 0) is 9.47 Å². The lowest BCUT2D eigenvalue weighted by Crippen LogP contribution is -2.49. The van der Waals surface area contributed by atoms with E-state index in [1.807, 2.05) is 31.2 Å². The monoisotopic (exact) mass is 400 g/mol. The number of hydrogen-bond donors (Lipinski definition) is 2. The SMILES string of the molecule is CCOCCOC(=O)N1CCN(c2ccnc3[nH]c(C4=CN(C)NC4)cc23)CC1. The molecule has 0 aromatic carbocycles. The van der Waals surface area contributed by atoms with Crippen LogP contribution in [0.2, 0.25) is 0 Å². The Morgan fingerprint density at radius 3 is 2.79 bits per heavy atom. The highest BCUT2D eigenvalue weighted by atomic mass is 16.6. The Morgan fingerprint density at radius 1 is 1.24 bits per heavy atom. The minimum Gasteiger partial charge on any atom is -0.447 e. The predicted octanol–water partition coefficient (Wildman–Crippen LogP) is 1.65. The molecule has 29 heavy (non-hydrogen) atoms. The average Bonchev–Trinajstić information content (AvgIpc) is 3.37. The molecule has 9 heteroatoms. The van der Waals surface area contributed by atoms with Crippen molar-refractivity contribution in [2.45, 2.75) is 6.92 Å². The Bertz CT molecular complexity index is 887. The van der Waals surface area contributed by atoms with Crippen molar-refractivity contribution >= 4 is 28.4 Å². The van der Waals surface area contributed by atoms with Crippen LogP contribution in [0.1, 0.15) is 12.6 Å². The summed E-state index contributed by atoms with van der Waals surface area (Å²) in [6.45, 7) is 6.86. The van der Waals surface area contributed by atoms with Crippen LogP contribution in [0.5, 0.6) is 0 Å². The molecular weight excluding hydrogens is 372 g/mol. The molecule has 1 amide bonds. The second-order valence-electron chi connectivity index (χ2n) is 7.16. The number of piperazine rings is 1. The Labute approximate surface area is 170 Å². The van der Waals surface area contributed by atoms with Gasteiger partial charge < -0.3 is 29.3 Å². The smallest absolute Gasteiger partial charge is 0.409 e. The summed E-state index contributed by atoms with van der Waals surface area (Å²) < 4.78 is 10.5. The standard InChI is InChI=1S/C20H28N6O3/c1-3-28-10-11-29-20(27)26-8-6-25(7-9-26)18-4-5-21-19-16(18)12-17(23-19)15-13-22-24(2)14-15/h4-5,12,14,22H,3,6-11,13H2,1-2H3,(H,21,23). The number of fused-ring (bicyclic) bond motifs is 1. The molecule has 0 atom stereocenters. The number of hydrazine groups is 1. The van der Waals surface area contributed by atoms with Gasteiger partial charge in [0.2, 0.25) is 0 Å². The second kappa shape index (κ2) is 8.71. The summed E-state index contributed by atoms with van der Waals surface area (Å²) in [7, 11) is 1.99. The van der Waals surface area contributed by atoms with Crippen molar-refractivity contribution in [2.24, 2.45) is 0 Å². The first kappa shape index (κ1) is 19.5. The van der Waals surface area contributed by atoms with Crippen molar-refractivity contribution in [2.75, 3.05) is 64.5 Å². The molecule has 2 aliphatic rings. The van der Waals surface area contributed by atoms with Gasteiger partial charge in [-0.05, 0) is 19.1 Å². The first-order chi connectivity index (χ1) is 14.2. The highest BCUT2D eigenvalue weighted by Crippen LogP contribution is 2.30. The Balaban J connectivity index is 1.41. The van der Waals surface area contributed by atoms with E-state index in [1.165, 1.54) is 5.57 Å². The van der Waals surface area contributed by atoms with Crippen molar-refractivity contribution in [3.8, 4) is 0 Å². The van der Waals surface area contributed by atoms with Gasteiger partial charge >= 0.3 is 6.09 Å². The van der Waals surface area contributed by atoms with Gasteiger partial charge in [-0.15, -0.1) is 0 Å². The zero-order chi connectivity index (χ0) is 20.2. The summed E-state index contributed by atoms with van der Waals surface area (Å²) in [5.41, 5.74) is 7.56. The molecule has 4 rings (SSSR count). The van der Waals surface area contributed by atoms with Crippen LogP contribution < -0.4 is 10.3 Å². The lowest BCUT2D eigenvalue weighted by Gasteiger charge is -2.35. The number of nitrogens with zero attached hydrogens (tertiary/aromatic N) is 4. The third-order valence-corrected chi connectivity index (χ3v) is 5.26. The van der Waals surface area contributed by atoms with Crippen molar-refractivity contribution < 1.29 is 14.3 Å². The van der Waals surface area contributed by atoms with Crippen LogP contribution in [0, 0.1) is 0 Å². The first-order valence-electron chi connectivity index (χ1n) is 10.0. The number of anilines is 1. The fourth-order valence-electron chi connectivity index (χ4n) is 3.71. The number of carbonyl (C=O) groups is 1. The van der Waals surface area contributed by atoms with Crippen molar-refractivity contribution in [3.63, 3.8) is 0 Å². The van der Waals surface area contributed by atoms with E-state index in [9.17, 15) is 4.79 Å². The lowest BCUT2D eigenvalue weighted by molar-refractivity contribution is 0.0580. The number of hydrogen-bond acceptors (Lipinski definition) is 7. The van der Waals surface area contributed by atoms with Crippen molar-refractivity contribution in [3.05, 3.63) is 30.2 Å². The van der Waals surface area contributed by atoms with Crippen LogP contribution in [0.4, 0.5) is 10.5 Å². The fourth-order valence-corrected chi connectivity index (χ4v) is 3.71. The van der Waals surface area contributed by atoms with Gasteiger partial charge in [-0.25, -0.2) is 15.2 Å². The molecule has 0 aliphatic carbocycles. The van der Waals surface area contributed by atoms with Gasteiger partial charge in [0.15, 0.2) is 0 Å². The molecule has 2 aromatic heterocycles. The fraction of sp³-hybridized carbons (Fsp3) is 0.500. The van der Waals surface area contributed by atoms with Gasteiger partial charge in [-0.2, -0.15) is 0 Å². The van der Waals surface area contributed by atoms with E-state index in [2.05, 4.69) is 32.6 Å². The molecule has 156 valence electrons. The number of amides is 1. The van der Waals surface area contributed by atoms with E-state index < -0.39 is 0 Å². The molecule has 4 heterocycles. The van der Waals surface area contributed by atoms with Crippen LogP contribution in [0.25, 0.3) is 16.6 Å². The largest absolute Gasteiger partial charge is 0.447 e. The number of carbonyl (C=O) groups excluding carboxylic acids is 1. The average molecular weight is 400 g/mol. The number of rotatable bonds is 6. The van der Waals surface area contributed by atoms with Crippen molar-refractivity contribution in [1.82, 2.24) is 25.3 Å². The van der Waals surface area contributed by atoms with Crippen LogP contribution in [-0.4, -0.2) is 85.6 Å². The van der Waals surface area contributed by atoms with E-state index in [4.69, 9.17) is 9.47 Å². The van der Waals surface area contributed by atoms with E-state index in [-0.39, 0.29) is 6.09 Å². The van der Waals surface area contributed by atoms with Gasteiger partial charge in [0.25, 0.3) is 0 Å². The van der Waals surface area contributed by atoms with Gasteiger partial charge in [0.1, 0.15) is 12.3 Å². The van der Waals surface area contributed by atoms with Gasteiger partial charge in [0.05, 0.1) is 6.61 Å². The second-order valence-corrected chi connectivity index (χ2v) is 7.16. The zero-order valence-corrected chi connectivity index (χ0v) is 17.0. The third kappa shape index (κ3) is 4.30. The maximum atomic E-state index is 12.2.